The van der Waals surface area contributed by atoms with Crippen molar-refractivity contribution in [1.82, 2.24) is 16.0 Å². The number of hydrogen-bond donors (Lipinski definition) is 8. The molecule has 0 aliphatic heterocycles. The van der Waals surface area contributed by atoms with Crippen LogP contribution in [0.1, 0.15) is 46.0 Å². The fourth-order valence-corrected chi connectivity index (χ4v) is 2.91. The first-order valence-electron chi connectivity index (χ1n) is 10.2. The van der Waals surface area contributed by atoms with E-state index in [1.165, 1.54) is 0 Å². The van der Waals surface area contributed by atoms with Crippen LogP contribution in [0.25, 0.3) is 0 Å². The van der Waals surface area contributed by atoms with Gasteiger partial charge in [0.2, 0.25) is 17.7 Å². The molecule has 0 aliphatic rings. The van der Waals surface area contributed by atoms with E-state index in [1.54, 1.807) is 13.8 Å². The quantitative estimate of drug-likeness (QED) is 0.117. The van der Waals surface area contributed by atoms with Gasteiger partial charge in [0.15, 0.2) is 0 Å². The summed E-state index contributed by atoms with van der Waals surface area (Å²) in [5.41, 5.74) is 5.61. The van der Waals surface area contributed by atoms with Gasteiger partial charge in [0.25, 0.3) is 0 Å². The van der Waals surface area contributed by atoms with Crippen molar-refractivity contribution in [2.45, 2.75) is 70.1 Å². The van der Waals surface area contributed by atoms with Gasteiger partial charge >= 0.3 is 17.9 Å². The Morgan fingerprint density at radius 3 is 1.67 bits per heavy atom. The minimum absolute atomic E-state index is 0.0311. The summed E-state index contributed by atoms with van der Waals surface area (Å²) >= 11 is 4.00. The molecule has 0 spiro atoms. The first-order chi connectivity index (χ1) is 15.3. The van der Waals surface area contributed by atoms with Gasteiger partial charge in [0, 0.05) is 18.6 Å². The largest absolute Gasteiger partial charge is 0.481 e. The number of rotatable bonds is 16. The van der Waals surface area contributed by atoms with Crippen LogP contribution in [-0.2, 0) is 28.8 Å². The molecule has 0 heterocycles. The average molecular weight is 493 g/mol. The summed E-state index contributed by atoms with van der Waals surface area (Å²) in [6.07, 6.45) is -1.26. The van der Waals surface area contributed by atoms with Gasteiger partial charge < -0.3 is 37.0 Å². The van der Waals surface area contributed by atoms with Gasteiger partial charge in [0.05, 0.1) is 6.04 Å². The van der Waals surface area contributed by atoms with Crippen LogP contribution in [0, 0.1) is 5.92 Å². The molecule has 0 bridgehead atoms. The third-order valence-corrected chi connectivity index (χ3v) is 4.79. The van der Waals surface area contributed by atoms with Crippen molar-refractivity contribution >= 4 is 48.3 Å². The number of carbonyl (C=O) groups excluding carboxylic acids is 3. The molecule has 33 heavy (non-hydrogen) atoms. The highest BCUT2D eigenvalue weighted by atomic mass is 32.1. The third kappa shape index (κ3) is 12.7. The Balaban J connectivity index is 5.29. The zero-order valence-electron chi connectivity index (χ0n) is 18.4. The molecule has 4 atom stereocenters. The molecule has 13 nitrogen and oxygen atoms in total. The lowest BCUT2D eigenvalue weighted by Crippen LogP contribution is -2.57. The van der Waals surface area contributed by atoms with E-state index in [4.69, 9.17) is 15.9 Å². The molecule has 0 aromatic carbocycles. The molecular formula is C19H32N4O9S. The van der Waals surface area contributed by atoms with Crippen LogP contribution in [0.2, 0.25) is 0 Å². The van der Waals surface area contributed by atoms with Gasteiger partial charge in [-0.1, -0.05) is 13.8 Å². The topological polar surface area (TPSA) is 225 Å². The highest BCUT2D eigenvalue weighted by molar-refractivity contribution is 7.80. The SMILES string of the molecule is CC(C)CC(NC(=O)C(CS)NC(=O)C(CCC(=O)O)NC(=O)C(N)CCC(=O)O)C(=O)O. The van der Waals surface area contributed by atoms with Gasteiger partial charge in [-0.3, -0.25) is 24.0 Å². The predicted molar refractivity (Wildman–Crippen MR) is 118 cm³/mol. The van der Waals surface area contributed by atoms with E-state index in [-0.39, 0.29) is 37.4 Å². The smallest absolute Gasteiger partial charge is 0.326 e. The molecule has 0 rings (SSSR count). The average Bonchev–Trinajstić information content (AvgIpc) is 2.71. The minimum Gasteiger partial charge on any atom is -0.481 e. The Kier molecular flexibility index (Phi) is 13.7. The van der Waals surface area contributed by atoms with Gasteiger partial charge in [-0.2, -0.15) is 12.6 Å². The minimum atomic E-state index is -1.38. The summed E-state index contributed by atoms with van der Waals surface area (Å²) in [5.74, 6) is -6.47. The maximum Gasteiger partial charge on any atom is 0.326 e. The summed E-state index contributed by atoms with van der Waals surface area (Å²) in [5, 5.41) is 33.8. The number of amides is 3. The van der Waals surface area contributed by atoms with Crippen LogP contribution < -0.4 is 21.7 Å². The Labute approximate surface area is 196 Å². The van der Waals surface area contributed by atoms with Gasteiger partial charge in [-0.15, -0.1) is 0 Å². The van der Waals surface area contributed by atoms with Crippen LogP contribution in [0.5, 0.6) is 0 Å². The van der Waals surface area contributed by atoms with E-state index in [0.717, 1.165) is 0 Å². The number of carbonyl (C=O) groups is 6. The van der Waals surface area contributed by atoms with Crippen LogP contribution in [0.3, 0.4) is 0 Å². The fourth-order valence-electron chi connectivity index (χ4n) is 2.66. The van der Waals surface area contributed by atoms with Crippen molar-refractivity contribution in [3.05, 3.63) is 0 Å². The van der Waals surface area contributed by atoms with E-state index in [9.17, 15) is 33.9 Å². The zero-order chi connectivity index (χ0) is 25.7. The highest BCUT2D eigenvalue weighted by Gasteiger charge is 2.30. The number of hydrogen-bond acceptors (Lipinski definition) is 8. The van der Waals surface area contributed by atoms with Crippen LogP contribution >= 0.6 is 12.6 Å². The summed E-state index contributed by atoms with van der Waals surface area (Å²) in [6.45, 7) is 3.55. The number of thiol groups is 1. The number of carboxylic acid groups (broad SMARTS) is 3. The van der Waals surface area contributed by atoms with E-state index < -0.39 is 66.2 Å². The monoisotopic (exact) mass is 492 g/mol. The molecule has 0 saturated heterocycles. The molecule has 14 heteroatoms. The number of carboxylic acids is 3. The molecule has 8 N–H and O–H groups in total. The van der Waals surface area contributed by atoms with E-state index in [2.05, 4.69) is 28.6 Å². The Morgan fingerprint density at radius 1 is 0.758 bits per heavy atom. The molecule has 0 fully saturated rings. The first kappa shape index (κ1) is 30.1. The zero-order valence-corrected chi connectivity index (χ0v) is 19.3. The van der Waals surface area contributed by atoms with E-state index in [1.807, 2.05) is 0 Å². The predicted octanol–water partition coefficient (Wildman–Crippen LogP) is -1.44. The summed E-state index contributed by atoms with van der Waals surface area (Å²) in [7, 11) is 0. The standard InChI is InChI=1S/C19H32N4O9S/c1-9(2)7-12(19(31)32)22-18(30)13(8-33)23-17(29)11(4-6-15(26)27)21-16(28)10(20)3-5-14(24)25/h9-13,33H,3-8,20H2,1-2H3,(H,21,28)(H,22,30)(H,23,29)(H,24,25)(H,26,27)(H,31,32). The lowest BCUT2D eigenvalue weighted by molar-refractivity contribution is -0.142. The third-order valence-electron chi connectivity index (χ3n) is 4.42. The van der Waals surface area contributed by atoms with Crippen molar-refractivity contribution in [1.29, 1.82) is 0 Å². The second-order valence-electron chi connectivity index (χ2n) is 7.81. The lowest BCUT2D eigenvalue weighted by atomic mass is 10.0. The maximum atomic E-state index is 12.7. The van der Waals surface area contributed by atoms with E-state index >= 15 is 0 Å². The molecular weight excluding hydrogens is 460 g/mol. The summed E-state index contributed by atoms with van der Waals surface area (Å²) < 4.78 is 0. The van der Waals surface area contributed by atoms with Crippen molar-refractivity contribution in [3.63, 3.8) is 0 Å². The van der Waals surface area contributed by atoms with Crippen LogP contribution in [0.4, 0.5) is 0 Å². The molecule has 0 aromatic heterocycles. The number of nitrogens with two attached hydrogens (primary N) is 1. The Bertz CT molecular complexity index is 732. The molecule has 3 amide bonds. The summed E-state index contributed by atoms with van der Waals surface area (Å²) in [4.78, 5) is 70.3. The Hall–Kier alpha value is -2.87. The van der Waals surface area contributed by atoms with E-state index in [0.29, 0.717) is 0 Å². The van der Waals surface area contributed by atoms with Crippen molar-refractivity contribution < 1.29 is 44.1 Å². The fraction of sp³-hybridized carbons (Fsp3) is 0.684. The van der Waals surface area contributed by atoms with Crippen LogP contribution in [-0.4, -0.2) is 80.9 Å². The molecule has 188 valence electrons. The van der Waals surface area contributed by atoms with Gasteiger partial charge in [-0.05, 0) is 25.2 Å². The van der Waals surface area contributed by atoms with Crippen molar-refractivity contribution in [3.8, 4) is 0 Å². The maximum absolute atomic E-state index is 12.7. The van der Waals surface area contributed by atoms with Crippen LogP contribution in [0.15, 0.2) is 0 Å². The molecule has 0 radical (unpaired) electrons. The normalized spacial score (nSPS) is 14.5. The highest BCUT2D eigenvalue weighted by Crippen LogP contribution is 2.06. The number of aliphatic carboxylic acids is 3. The summed E-state index contributed by atoms with van der Waals surface area (Å²) in [6, 6.07) is -5.09. The molecule has 0 aromatic rings. The van der Waals surface area contributed by atoms with Crippen molar-refractivity contribution in [2.75, 3.05) is 5.75 Å². The molecule has 4 unspecified atom stereocenters. The number of nitrogens with one attached hydrogen (secondary N) is 3. The lowest BCUT2D eigenvalue weighted by Gasteiger charge is -2.24. The first-order valence-corrected chi connectivity index (χ1v) is 10.9. The van der Waals surface area contributed by atoms with Gasteiger partial charge in [0.1, 0.15) is 18.1 Å². The second-order valence-corrected chi connectivity index (χ2v) is 8.17. The Morgan fingerprint density at radius 2 is 1.21 bits per heavy atom. The molecule has 0 aliphatic carbocycles. The second kappa shape index (κ2) is 15.1. The molecule has 0 saturated carbocycles. The van der Waals surface area contributed by atoms with Crippen molar-refractivity contribution in [2.24, 2.45) is 11.7 Å². The van der Waals surface area contributed by atoms with Gasteiger partial charge in [-0.25, -0.2) is 4.79 Å².